The summed E-state index contributed by atoms with van der Waals surface area (Å²) < 4.78 is 6.47. The van der Waals surface area contributed by atoms with Crippen molar-refractivity contribution in [3.8, 4) is 11.5 Å². The van der Waals surface area contributed by atoms with Crippen molar-refractivity contribution >= 4 is 28.3 Å². The van der Waals surface area contributed by atoms with E-state index >= 15 is 0 Å². The van der Waals surface area contributed by atoms with Crippen molar-refractivity contribution in [2.75, 3.05) is 0 Å². The number of rotatable bonds is 4. The Morgan fingerprint density at radius 2 is 1.95 bits per heavy atom. The summed E-state index contributed by atoms with van der Waals surface area (Å²) in [7, 11) is 0. The van der Waals surface area contributed by atoms with Crippen molar-refractivity contribution in [3.63, 3.8) is 0 Å². The molecule has 20 heavy (non-hydrogen) atoms. The number of hydrogen-bond donors (Lipinski definition) is 1. The lowest BCUT2D eigenvalue weighted by molar-refractivity contribution is -0.385. The minimum atomic E-state index is -0.764. The first-order valence-corrected chi connectivity index (χ1v) is 6.95. The van der Waals surface area contributed by atoms with Gasteiger partial charge in [-0.2, -0.15) is 0 Å². The Hall–Kier alpha value is -1.67. The van der Waals surface area contributed by atoms with E-state index < -0.39 is 11.0 Å². The molecule has 0 spiro atoms. The highest BCUT2D eigenvalue weighted by atomic mass is 127. The largest absolute Gasteiger partial charge is 0.449 e. The zero-order valence-corrected chi connectivity index (χ0v) is 12.8. The molecule has 1 atom stereocenters. The Morgan fingerprint density at radius 3 is 2.55 bits per heavy atom. The van der Waals surface area contributed by atoms with Crippen LogP contribution in [0.25, 0.3) is 0 Å². The molecule has 0 saturated carbocycles. The van der Waals surface area contributed by atoms with Gasteiger partial charge in [0.05, 0.1) is 14.6 Å². The van der Waals surface area contributed by atoms with Gasteiger partial charge in [-0.1, -0.05) is 18.2 Å². The predicted octanol–water partition coefficient (Wildman–Crippen LogP) is 4.05. The average molecular weight is 385 g/mol. The van der Waals surface area contributed by atoms with Crippen LogP contribution < -0.4 is 4.74 Å². The summed E-state index contributed by atoms with van der Waals surface area (Å²) in [5, 5.41) is 20.6. The highest BCUT2D eigenvalue weighted by Crippen LogP contribution is 2.35. The van der Waals surface area contributed by atoms with E-state index in [1.807, 2.05) is 12.1 Å². The molecule has 0 saturated heterocycles. The summed E-state index contributed by atoms with van der Waals surface area (Å²) in [6.07, 6.45) is -0.764. The van der Waals surface area contributed by atoms with E-state index in [9.17, 15) is 15.2 Å². The van der Waals surface area contributed by atoms with Gasteiger partial charge in [0.2, 0.25) is 5.75 Å². The molecule has 0 radical (unpaired) electrons. The summed E-state index contributed by atoms with van der Waals surface area (Å²) in [5.41, 5.74) is 0.315. The van der Waals surface area contributed by atoms with Gasteiger partial charge in [0.15, 0.2) is 0 Å². The molecule has 6 heteroatoms. The van der Waals surface area contributed by atoms with Crippen molar-refractivity contribution in [2.24, 2.45) is 0 Å². The first-order chi connectivity index (χ1) is 9.49. The van der Waals surface area contributed by atoms with Crippen molar-refractivity contribution in [2.45, 2.75) is 13.0 Å². The second-order valence-electron chi connectivity index (χ2n) is 4.19. The van der Waals surface area contributed by atoms with Gasteiger partial charge in [-0.15, -0.1) is 0 Å². The van der Waals surface area contributed by atoms with Crippen LogP contribution in [0, 0.1) is 13.7 Å². The minimum absolute atomic E-state index is 0.156. The zero-order chi connectivity index (χ0) is 14.7. The number of nitro benzene ring substituents is 1. The molecule has 0 aromatic heterocycles. The van der Waals surface area contributed by atoms with Gasteiger partial charge in [-0.3, -0.25) is 10.1 Å². The lowest BCUT2D eigenvalue weighted by Gasteiger charge is -2.10. The van der Waals surface area contributed by atoms with E-state index in [1.54, 1.807) is 25.1 Å². The Bertz CT molecular complexity index is 643. The molecule has 0 heterocycles. The topological polar surface area (TPSA) is 72.6 Å². The molecule has 2 aromatic rings. The standard InChI is InChI=1S/C14H12INO4/c1-9(17)10-6-7-14(12(8-10)16(18)19)20-13-5-3-2-4-11(13)15/h2-9,17H,1H3. The summed E-state index contributed by atoms with van der Waals surface area (Å²) in [5.74, 6) is 0.713. The molecule has 2 rings (SSSR count). The number of ether oxygens (including phenoxy) is 1. The van der Waals surface area contributed by atoms with Crippen LogP contribution in [0.15, 0.2) is 42.5 Å². The van der Waals surface area contributed by atoms with Gasteiger partial charge < -0.3 is 9.84 Å². The van der Waals surface area contributed by atoms with Gasteiger partial charge >= 0.3 is 5.69 Å². The van der Waals surface area contributed by atoms with E-state index in [0.717, 1.165) is 3.57 Å². The smallest absolute Gasteiger partial charge is 0.311 e. The molecule has 0 aliphatic carbocycles. The van der Waals surface area contributed by atoms with E-state index in [-0.39, 0.29) is 11.4 Å². The second kappa shape index (κ2) is 6.19. The molecule has 0 amide bonds. The monoisotopic (exact) mass is 385 g/mol. The Kier molecular flexibility index (Phi) is 4.56. The van der Waals surface area contributed by atoms with Crippen LogP contribution in [0.5, 0.6) is 11.5 Å². The number of aliphatic hydroxyl groups is 1. The molecule has 0 aliphatic rings. The number of nitro groups is 1. The molecule has 1 unspecified atom stereocenters. The van der Waals surface area contributed by atoms with Gasteiger partial charge in [-0.25, -0.2) is 0 Å². The molecular formula is C14H12INO4. The van der Waals surface area contributed by atoms with Crippen molar-refractivity contribution < 1.29 is 14.8 Å². The summed E-state index contributed by atoms with van der Waals surface area (Å²) >= 11 is 2.10. The highest BCUT2D eigenvalue weighted by molar-refractivity contribution is 14.1. The summed E-state index contributed by atoms with van der Waals surface area (Å²) in [6, 6.07) is 11.7. The fourth-order valence-corrected chi connectivity index (χ4v) is 2.17. The number of aliphatic hydroxyl groups excluding tert-OH is 1. The van der Waals surface area contributed by atoms with Crippen molar-refractivity contribution in [1.82, 2.24) is 0 Å². The number of benzene rings is 2. The maximum absolute atomic E-state index is 11.1. The number of hydrogen-bond acceptors (Lipinski definition) is 4. The fraction of sp³-hybridized carbons (Fsp3) is 0.143. The zero-order valence-electron chi connectivity index (χ0n) is 10.6. The second-order valence-corrected chi connectivity index (χ2v) is 5.35. The average Bonchev–Trinajstić information content (AvgIpc) is 2.41. The Balaban J connectivity index is 2.41. The summed E-state index contributed by atoms with van der Waals surface area (Å²) in [4.78, 5) is 10.6. The van der Waals surface area contributed by atoms with Crippen LogP contribution >= 0.6 is 22.6 Å². The molecular weight excluding hydrogens is 373 g/mol. The predicted molar refractivity (Wildman–Crippen MR) is 83.0 cm³/mol. The number of para-hydroxylation sites is 1. The van der Waals surface area contributed by atoms with Crippen LogP contribution in [0.1, 0.15) is 18.6 Å². The lowest BCUT2D eigenvalue weighted by atomic mass is 10.1. The Morgan fingerprint density at radius 1 is 1.25 bits per heavy atom. The van der Waals surface area contributed by atoms with Crippen molar-refractivity contribution in [3.05, 3.63) is 61.7 Å². The normalized spacial score (nSPS) is 11.9. The maximum atomic E-state index is 11.1. The lowest BCUT2D eigenvalue weighted by Crippen LogP contribution is -1.98. The van der Waals surface area contributed by atoms with Crippen molar-refractivity contribution in [1.29, 1.82) is 0 Å². The van der Waals surface area contributed by atoms with E-state index in [1.165, 1.54) is 12.1 Å². The van der Waals surface area contributed by atoms with E-state index in [0.29, 0.717) is 11.3 Å². The van der Waals surface area contributed by atoms with E-state index in [2.05, 4.69) is 22.6 Å². The minimum Gasteiger partial charge on any atom is -0.449 e. The van der Waals surface area contributed by atoms with Crippen LogP contribution in [0.4, 0.5) is 5.69 Å². The van der Waals surface area contributed by atoms with Crippen LogP contribution in [-0.2, 0) is 0 Å². The SMILES string of the molecule is CC(O)c1ccc(Oc2ccccc2I)c([N+](=O)[O-])c1. The third-order valence-corrected chi connectivity index (χ3v) is 3.61. The molecule has 2 aromatic carbocycles. The molecule has 1 N–H and O–H groups in total. The third-order valence-electron chi connectivity index (χ3n) is 2.72. The van der Waals surface area contributed by atoms with Gasteiger partial charge in [0.1, 0.15) is 5.75 Å². The molecule has 0 bridgehead atoms. The molecule has 0 fully saturated rings. The molecule has 0 aliphatic heterocycles. The maximum Gasteiger partial charge on any atom is 0.311 e. The van der Waals surface area contributed by atoms with Gasteiger partial charge in [-0.05, 0) is 53.3 Å². The molecule has 5 nitrogen and oxygen atoms in total. The van der Waals surface area contributed by atoms with Crippen LogP contribution in [0.2, 0.25) is 0 Å². The van der Waals surface area contributed by atoms with Crippen LogP contribution in [-0.4, -0.2) is 10.0 Å². The molecule has 104 valence electrons. The third kappa shape index (κ3) is 3.26. The fourth-order valence-electron chi connectivity index (χ4n) is 1.67. The van der Waals surface area contributed by atoms with Gasteiger partial charge in [0.25, 0.3) is 0 Å². The summed E-state index contributed by atoms with van der Waals surface area (Å²) in [6.45, 7) is 1.56. The number of halogens is 1. The first kappa shape index (κ1) is 14.7. The van der Waals surface area contributed by atoms with Crippen LogP contribution in [0.3, 0.4) is 0 Å². The highest BCUT2D eigenvalue weighted by Gasteiger charge is 2.18. The first-order valence-electron chi connectivity index (χ1n) is 5.88. The quantitative estimate of drug-likeness (QED) is 0.490. The van der Waals surface area contributed by atoms with Gasteiger partial charge in [0, 0.05) is 6.07 Å². The van der Waals surface area contributed by atoms with E-state index in [4.69, 9.17) is 4.74 Å². The number of nitrogens with zero attached hydrogens (tertiary/aromatic N) is 1. The Labute approximate surface area is 129 Å².